The van der Waals surface area contributed by atoms with Gasteiger partial charge in [-0.05, 0) is 58.3 Å². The van der Waals surface area contributed by atoms with Crippen molar-refractivity contribution in [1.29, 1.82) is 0 Å². The highest BCUT2D eigenvalue weighted by Gasteiger charge is 2.20. The van der Waals surface area contributed by atoms with E-state index in [4.69, 9.17) is 0 Å². The fourth-order valence-corrected chi connectivity index (χ4v) is 3.59. The zero-order valence-corrected chi connectivity index (χ0v) is 13.1. The van der Waals surface area contributed by atoms with Crippen LogP contribution in [0.3, 0.4) is 0 Å². The third-order valence-electron chi connectivity index (χ3n) is 3.27. The number of benzene rings is 1. The highest BCUT2D eigenvalue weighted by Crippen LogP contribution is 2.36. The molecular weight excluding hydrogens is 252 g/mol. The Hall–Kier alpha value is -0.510. The molecule has 19 heavy (non-hydrogen) atoms. The van der Waals surface area contributed by atoms with Gasteiger partial charge in [-0.3, -0.25) is 0 Å². The Morgan fingerprint density at radius 3 is 2.74 bits per heavy atom. The fraction of sp³-hybridized carbons (Fsp3) is 0.625. The van der Waals surface area contributed by atoms with Crippen LogP contribution >= 0.6 is 11.8 Å². The predicted octanol–water partition coefficient (Wildman–Crippen LogP) is 3.07. The van der Waals surface area contributed by atoms with Crippen LogP contribution in [0.15, 0.2) is 29.2 Å². The Morgan fingerprint density at radius 1 is 1.21 bits per heavy atom. The molecule has 0 aliphatic carbocycles. The normalized spacial score (nSPS) is 18.6. The summed E-state index contributed by atoms with van der Waals surface area (Å²) in [4.78, 5) is 1.48. The molecule has 0 saturated heterocycles. The van der Waals surface area contributed by atoms with Gasteiger partial charge in [0.2, 0.25) is 0 Å². The highest BCUT2D eigenvalue weighted by atomic mass is 32.2. The van der Waals surface area contributed by atoms with E-state index in [9.17, 15) is 0 Å². The van der Waals surface area contributed by atoms with Crippen LogP contribution in [0.2, 0.25) is 0 Å². The summed E-state index contributed by atoms with van der Waals surface area (Å²) in [5.41, 5.74) is 1.76. The smallest absolute Gasteiger partial charge is 0.0260 e. The maximum absolute atomic E-state index is 3.59. The molecule has 2 N–H and O–H groups in total. The summed E-state index contributed by atoms with van der Waals surface area (Å²) >= 11 is 2.03. The van der Waals surface area contributed by atoms with E-state index >= 15 is 0 Å². The molecular formula is C16H26N2S. The molecule has 1 aromatic carbocycles. The first kappa shape index (κ1) is 14.9. The molecule has 0 bridgehead atoms. The molecule has 0 spiro atoms. The van der Waals surface area contributed by atoms with Crippen molar-refractivity contribution in [3.05, 3.63) is 29.8 Å². The number of thioether (sulfide) groups is 1. The quantitative estimate of drug-likeness (QED) is 0.782. The second kappa shape index (κ2) is 6.78. The molecule has 1 aliphatic rings. The van der Waals surface area contributed by atoms with Crippen LogP contribution in [0.5, 0.6) is 0 Å². The van der Waals surface area contributed by atoms with Crippen LogP contribution in [-0.4, -0.2) is 30.4 Å². The molecule has 3 heteroatoms. The van der Waals surface area contributed by atoms with Crippen molar-refractivity contribution in [2.75, 3.05) is 19.6 Å². The molecule has 0 radical (unpaired) electrons. The second-order valence-electron chi connectivity index (χ2n) is 6.29. The molecule has 106 valence electrons. The number of nitrogens with one attached hydrogen (secondary N) is 2. The van der Waals surface area contributed by atoms with E-state index in [2.05, 4.69) is 55.7 Å². The molecule has 0 amide bonds. The van der Waals surface area contributed by atoms with Gasteiger partial charge in [-0.1, -0.05) is 18.2 Å². The van der Waals surface area contributed by atoms with Gasteiger partial charge in [0.15, 0.2) is 0 Å². The first-order valence-corrected chi connectivity index (χ1v) is 8.13. The molecule has 0 saturated carbocycles. The first-order valence-electron chi connectivity index (χ1n) is 7.25. The summed E-state index contributed by atoms with van der Waals surface area (Å²) in [7, 11) is 0. The minimum atomic E-state index is 0.239. The van der Waals surface area contributed by atoms with Gasteiger partial charge in [0.05, 0.1) is 0 Å². The van der Waals surface area contributed by atoms with Gasteiger partial charge >= 0.3 is 0 Å². The van der Waals surface area contributed by atoms with Crippen LogP contribution in [0, 0.1) is 0 Å². The Morgan fingerprint density at radius 2 is 2.00 bits per heavy atom. The van der Waals surface area contributed by atoms with E-state index < -0.39 is 0 Å². The zero-order valence-electron chi connectivity index (χ0n) is 12.3. The monoisotopic (exact) mass is 278 g/mol. The molecule has 0 aromatic heterocycles. The van der Waals surface area contributed by atoms with E-state index in [-0.39, 0.29) is 5.54 Å². The van der Waals surface area contributed by atoms with Gasteiger partial charge in [-0.2, -0.15) is 0 Å². The summed E-state index contributed by atoms with van der Waals surface area (Å²) in [5.74, 6) is 0. The van der Waals surface area contributed by atoms with E-state index in [1.54, 1.807) is 0 Å². The van der Waals surface area contributed by atoms with Crippen LogP contribution in [0.25, 0.3) is 0 Å². The molecule has 2 nitrogen and oxygen atoms in total. The SMILES string of the molecule is CC(C)(C)NCCCNCC1Cc2ccccc2S1. The number of hydrogen-bond acceptors (Lipinski definition) is 3. The van der Waals surface area contributed by atoms with Crippen molar-refractivity contribution in [3.63, 3.8) is 0 Å². The number of fused-ring (bicyclic) bond motifs is 1. The topological polar surface area (TPSA) is 24.1 Å². The molecule has 0 fully saturated rings. The van der Waals surface area contributed by atoms with Gasteiger partial charge < -0.3 is 10.6 Å². The van der Waals surface area contributed by atoms with Crippen LogP contribution in [0.1, 0.15) is 32.8 Å². The largest absolute Gasteiger partial charge is 0.316 e. The molecule has 1 aromatic rings. The highest BCUT2D eigenvalue weighted by molar-refractivity contribution is 8.00. The Labute approximate surface area is 121 Å². The lowest BCUT2D eigenvalue weighted by molar-refractivity contribution is 0.418. The molecule has 2 rings (SSSR count). The van der Waals surface area contributed by atoms with E-state index in [0.29, 0.717) is 5.25 Å². The lowest BCUT2D eigenvalue weighted by Crippen LogP contribution is -2.37. The summed E-state index contributed by atoms with van der Waals surface area (Å²) in [6, 6.07) is 8.79. The minimum Gasteiger partial charge on any atom is -0.316 e. The number of rotatable bonds is 6. The maximum atomic E-state index is 3.59. The van der Waals surface area contributed by atoms with E-state index in [1.165, 1.54) is 23.3 Å². The Balaban J connectivity index is 1.56. The van der Waals surface area contributed by atoms with E-state index in [1.807, 2.05) is 11.8 Å². The lowest BCUT2D eigenvalue weighted by Gasteiger charge is -2.20. The van der Waals surface area contributed by atoms with Crippen molar-refractivity contribution < 1.29 is 0 Å². The third-order valence-corrected chi connectivity index (χ3v) is 4.59. The van der Waals surface area contributed by atoms with Crippen LogP contribution in [-0.2, 0) is 6.42 Å². The Kier molecular flexibility index (Phi) is 5.31. The van der Waals surface area contributed by atoms with Gasteiger partial charge in [0, 0.05) is 22.2 Å². The van der Waals surface area contributed by atoms with E-state index in [0.717, 1.165) is 19.6 Å². The van der Waals surface area contributed by atoms with Gasteiger partial charge in [0.25, 0.3) is 0 Å². The molecule has 1 unspecified atom stereocenters. The average molecular weight is 278 g/mol. The predicted molar refractivity (Wildman–Crippen MR) is 85.0 cm³/mol. The standard InChI is InChI=1S/C16H26N2S/c1-16(2,3)18-10-6-9-17-12-14-11-13-7-4-5-8-15(13)19-14/h4-5,7-8,14,17-18H,6,9-12H2,1-3H3. The van der Waals surface area contributed by atoms with Crippen molar-refractivity contribution in [3.8, 4) is 0 Å². The minimum absolute atomic E-state index is 0.239. The molecule has 1 aliphatic heterocycles. The Bertz CT molecular complexity index is 373. The molecule has 1 heterocycles. The zero-order chi connectivity index (χ0) is 13.7. The summed E-state index contributed by atoms with van der Waals surface area (Å²) < 4.78 is 0. The summed E-state index contributed by atoms with van der Waals surface area (Å²) in [6.07, 6.45) is 2.41. The fourth-order valence-electron chi connectivity index (χ4n) is 2.31. The van der Waals surface area contributed by atoms with Crippen molar-refractivity contribution in [2.24, 2.45) is 0 Å². The van der Waals surface area contributed by atoms with Crippen molar-refractivity contribution >= 4 is 11.8 Å². The first-order chi connectivity index (χ1) is 9.04. The van der Waals surface area contributed by atoms with Crippen molar-refractivity contribution in [2.45, 2.75) is 49.3 Å². The van der Waals surface area contributed by atoms with Crippen molar-refractivity contribution in [1.82, 2.24) is 10.6 Å². The van der Waals surface area contributed by atoms with Gasteiger partial charge in [0.1, 0.15) is 0 Å². The second-order valence-corrected chi connectivity index (χ2v) is 7.63. The van der Waals surface area contributed by atoms with Crippen LogP contribution < -0.4 is 10.6 Å². The van der Waals surface area contributed by atoms with Gasteiger partial charge in [-0.25, -0.2) is 0 Å². The molecule has 1 atom stereocenters. The average Bonchev–Trinajstić information content (AvgIpc) is 2.74. The maximum Gasteiger partial charge on any atom is 0.0260 e. The summed E-state index contributed by atoms with van der Waals surface area (Å²) in [5, 5.41) is 7.82. The van der Waals surface area contributed by atoms with Gasteiger partial charge in [-0.15, -0.1) is 11.8 Å². The number of hydrogen-bond donors (Lipinski definition) is 2. The third kappa shape index (κ3) is 5.17. The van der Waals surface area contributed by atoms with Crippen LogP contribution in [0.4, 0.5) is 0 Å². The summed E-state index contributed by atoms with van der Waals surface area (Å²) in [6.45, 7) is 9.96. The lowest BCUT2D eigenvalue weighted by atomic mass is 10.1.